The number of rotatable bonds is 3. The summed E-state index contributed by atoms with van der Waals surface area (Å²) in [5.41, 5.74) is 0.743. The molecule has 19 heavy (non-hydrogen) atoms. The van der Waals surface area contributed by atoms with Gasteiger partial charge in [-0.05, 0) is 24.6 Å². The van der Waals surface area contributed by atoms with Gasteiger partial charge in [0.25, 0.3) is 5.91 Å². The average Bonchev–Trinajstić information content (AvgIpc) is 2.65. The molecule has 1 aromatic carbocycles. The Balaban J connectivity index is 2.01. The molecule has 6 nitrogen and oxygen atoms in total. The number of aryl methyl sites for hydroxylation is 1. The van der Waals surface area contributed by atoms with Gasteiger partial charge in [0.05, 0.1) is 12.2 Å². The molecule has 2 N–H and O–H groups in total. The van der Waals surface area contributed by atoms with Gasteiger partial charge >= 0.3 is 6.03 Å². The van der Waals surface area contributed by atoms with Crippen LogP contribution in [0.15, 0.2) is 18.2 Å². The van der Waals surface area contributed by atoms with Crippen LogP contribution in [-0.2, 0) is 9.59 Å². The van der Waals surface area contributed by atoms with Crippen molar-refractivity contribution in [2.45, 2.75) is 6.92 Å². The number of hydrogen-bond donors (Lipinski definition) is 2. The van der Waals surface area contributed by atoms with E-state index in [2.05, 4.69) is 10.6 Å². The van der Waals surface area contributed by atoms with E-state index in [9.17, 15) is 18.8 Å². The van der Waals surface area contributed by atoms with Crippen molar-refractivity contribution in [1.82, 2.24) is 10.2 Å². The molecule has 0 radical (unpaired) electrons. The number of imide groups is 1. The first-order valence-electron chi connectivity index (χ1n) is 5.61. The molecule has 1 fully saturated rings. The summed E-state index contributed by atoms with van der Waals surface area (Å²) in [7, 11) is 0. The maximum Gasteiger partial charge on any atom is 0.325 e. The Labute approximate surface area is 108 Å². The summed E-state index contributed by atoms with van der Waals surface area (Å²) in [6, 6.07) is 3.73. The van der Waals surface area contributed by atoms with Gasteiger partial charge in [0.15, 0.2) is 0 Å². The number of amides is 4. The SMILES string of the molecule is Cc1ccc(NC(=O)CN2C(=O)CNC2=O)c(F)c1. The minimum atomic E-state index is -0.631. The summed E-state index contributed by atoms with van der Waals surface area (Å²) in [5.74, 6) is -1.68. The largest absolute Gasteiger partial charge is 0.329 e. The third kappa shape index (κ3) is 2.87. The highest BCUT2D eigenvalue weighted by Crippen LogP contribution is 2.15. The monoisotopic (exact) mass is 265 g/mol. The Morgan fingerprint density at radius 3 is 2.79 bits per heavy atom. The van der Waals surface area contributed by atoms with E-state index in [1.54, 1.807) is 13.0 Å². The van der Waals surface area contributed by atoms with E-state index in [1.807, 2.05) is 0 Å². The fraction of sp³-hybridized carbons (Fsp3) is 0.250. The molecule has 0 unspecified atom stereocenters. The number of anilines is 1. The minimum absolute atomic E-state index is 0.0163. The van der Waals surface area contributed by atoms with E-state index in [4.69, 9.17) is 0 Å². The molecule has 7 heteroatoms. The van der Waals surface area contributed by atoms with Crippen LogP contribution in [0, 0.1) is 12.7 Å². The highest BCUT2D eigenvalue weighted by Gasteiger charge is 2.30. The van der Waals surface area contributed by atoms with Gasteiger partial charge in [-0.15, -0.1) is 0 Å². The number of hydrogen-bond acceptors (Lipinski definition) is 3. The molecule has 0 aliphatic carbocycles. The number of urea groups is 1. The van der Waals surface area contributed by atoms with E-state index >= 15 is 0 Å². The Morgan fingerprint density at radius 1 is 1.47 bits per heavy atom. The molecular formula is C12H12FN3O3. The summed E-state index contributed by atoms with van der Waals surface area (Å²) in [5, 5.41) is 4.61. The quantitative estimate of drug-likeness (QED) is 0.786. The molecule has 1 heterocycles. The highest BCUT2D eigenvalue weighted by atomic mass is 19.1. The predicted molar refractivity (Wildman–Crippen MR) is 64.9 cm³/mol. The van der Waals surface area contributed by atoms with E-state index < -0.39 is 30.2 Å². The molecule has 1 aliphatic heterocycles. The number of carbonyl (C=O) groups excluding carboxylic acids is 3. The van der Waals surface area contributed by atoms with Gasteiger partial charge in [-0.25, -0.2) is 9.18 Å². The first-order chi connectivity index (χ1) is 8.97. The van der Waals surface area contributed by atoms with E-state index in [0.29, 0.717) is 0 Å². The molecule has 1 saturated heterocycles. The third-order valence-electron chi connectivity index (χ3n) is 2.64. The van der Waals surface area contributed by atoms with Crippen molar-refractivity contribution in [2.24, 2.45) is 0 Å². The van der Waals surface area contributed by atoms with Crippen LogP contribution in [0.5, 0.6) is 0 Å². The van der Waals surface area contributed by atoms with E-state index in [-0.39, 0.29) is 12.2 Å². The molecule has 100 valence electrons. The van der Waals surface area contributed by atoms with Crippen molar-refractivity contribution in [2.75, 3.05) is 18.4 Å². The molecule has 0 bridgehead atoms. The van der Waals surface area contributed by atoms with Crippen molar-refractivity contribution >= 4 is 23.5 Å². The molecular weight excluding hydrogens is 253 g/mol. The summed E-state index contributed by atoms with van der Waals surface area (Å²) < 4.78 is 13.5. The molecule has 0 saturated carbocycles. The number of nitrogens with zero attached hydrogens (tertiary/aromatic N) is 1. The minimum Gasteiger partial charge on any atom is -0.329 e. The fourth-order valence-electron chi connectivity index (χ4n) is 1.67. The van der Waals surface area contributed by atoms with Gasteiger partial charge in [0.1, 0.15) is 12.4 Å². The van der Waals surface area contributed by atoms with Gasteiger partial charge < -0.3 is 10.6 Å². The molecule has 1 aliphatic rings. The van der Waals surface area contributed by atoms with Gasteiger partial charge in [0.2, 0.25) is 5.91 Å². The summed E-state index contributed by atoms with van der Waals surface area (Å²) in [4.78, 5) is 34.9. The maximum absolute atomic E-state index is 13.5. The van der Waals surface area contributed by atoms with Crippen molar-refractivity contribution in [1.29, 1.82) is 0 Å². The number of halogens is 1. The Hall–Kier alpha value is -2.44. The zero-order valence-electron chi connectivity index (χ0n) is 10.2. The van der Waals surface area contributed by atoms with Gasteiger partial charge in [-0.2, -0.15) is 0 Å². The fourth-order valence-corrected chi connectivity index (χ4v) is 1.67. The Morgan fingerprint density at radius 2 is 2.21 bits per heavy atom. The van der Waals surface area contributed by atoms with Crippen molar-refractivity contribution in [3.8, 4) is 0 Å². The second kappa shape index (κ2) is 5.05. The molecule has 0 atom stereocenters. The first kappa shape index (κ1) is 13.0. The summed E-state index contributed by atoms with van der Waals surface area (Å²) in [6.07, 6.45) is 0. The second-order valence-corrected chi connectivity index (χ2v) is 4.17. The van der Waals surface area contributed by atoms with Crippen molar-refractivity contribution < 1.29 is 18.8 Å². The Bertz CT molecular complexity index is 543. The van der Waals surface area contributed by atoms with E-state index in [1.165, 1.54) is 12.1 Å². The van der Waals surface area contributed by atoms with Crippen LogP contribution in [0.3, 0.4) is 0 Å². The van der Waals surface area contributed by atoms with Crippen LogP contribution in [0.4, 0.5) is 14.9 Å². The predicted octanol–water partition coefficient (Wildman–Crippen LogP) is 0.624. The standard InChI is InChI=1S/C12H12FN3O3/c1-7-2-3-9(8(13)4-7)15-10(17)6-16-11(18)5-14-12(16)19/h2-4H,5-6H2,1H3,(H,14,19)(H,15,17). The lowest BCUT2D eigenvalue weighted by atomic mass is 10.2. The van der Waals surface area contributed by atoms with Gasteiger partial charge in [-0.1, -0.05) is 6.07 Å². The summed E-state index contributed by atoms with van der Waals surface area (Å²) >= 11 is 0. The van der Waals surface area contributed by atoms with Crippen LogP contribution in [0.25, 0.3) is 0 Å². The van der Waals surface area contributed by atoms with Gasteiger partial charge in [0, 0.05) is 0 Å². The lowest BCUT2D eigenvalue weighted by molar-refractivity contribution is -0.128. The lowest BCUT2D eigenvalue weighted by Gasteiger charge is -2.12. The van der Waals surface area contributed by atoms with Crippen molar-refractivity contribution in [3.05, 3.63) is 29.6 Å². The second-order valence-electron chi connectivity index (χ2n) is 4.17. The van der Waals surface area contributed by atoms with Gasteiger partial charge in [-0.3, -0.25) is 14.5 Å². The first-order valence-corrected chi connectivity index (χ1v) is 5.61. The van der Waals surface area contributed by atoms with Crippen LogP contribution in [0.2, 0.25) is 0 Å². The molecule has 2 rings (SSSR count). The molecule has 4 amide bonds. The lowest BCUT2D eigenvalue weighted by Crippen LogP contribution is -2.38. The number of benzene rings is 1. The normalized spacial score (nSPS) is 14.5. The Kier molecular flexibility index (Phi) is 3.46. The van der Waals surface area contributed by atoms with Crippen LogP contribution in [0.1, 0.15) is 5.56 Å². The zero-order valence-corrected chi connectivity index (χ0v) is 10.2. The van der Waals surface area contributed by atoms with Crippen molar-refractivity contribution in [3.63, 3.8) is 0 Å². The molecule has 1 aromatic rings. The van der Waals surface area contributed by atoms with Crippen LogP contribution >= 0.6 is 0 Å². The smallest absolute Gasteiger partial charge is 0.325 e. The summed E-state index contributed by atoms with van der Waals surface area (Å²) in [6.45, 7) is 1.17. The topological polar surface area (TPSA) is 78.5 Å². The maximum atomic E-state index is 13.5. The molecule has 0 spiro atoms. The third-order valence-corrected chi connectivity index (χ3v) is 2.64. The number of nitrogens with one attached hydrogen (secondary N) is 2. The molecule has 0 aromatic heterocycles. The highest BCUT2D eigenvalue weighted by molar-refractivity contribution is 6.06. The van der Waals surface area contributed by atoms with E-state index in [0.717, 1.165) is 10.5 Å². The number of carbonyl (C=O) groups is 3. The zero-order chi connectivity index (χ0) is 14.0. The average molecular weight is 265 g/mol. The van der Waals surface area contributed by atoms with Crippen LogP contribution in [-0.4, -0.2) is 35.8 Å². The van der Waals surface area contributed by atoms with Crippen LogP contribution < -0.4 is 10.6 Å².